The molecule has 3 aliphatic rings. The Morgan fingerprint density at radius 3 is 1.87 bits per heavy atom. The predicted octanol–water partition coefficient (Wildman–Crippen LogP) is 14.4. The first kappa shape index (κ1) is 37.9. The second kappa shape index (κ2) is 17.4. The van der Waals surface area contributed by atoms with Crippen molar-refractivity contribution >= 4 is 38.6 Å². The number of unbranched alkanes of at least 4 members (excludes halogenated alkanes) is 2. The Bertz CT molecular complexity index is 2100. The van der Waals surface area contributed by atoms with Gasteiger partial charge < -0.3 is 4.90 Å². The average molecular weight is 716 g/mol. The van der Waals surface area contributed by atoms with Crippen LogP contribution in [0.5, 0.6) is 0 Å². The third-order valence-corrected chi connectivity index (χ3v) is 12.6. The van der Waals surface area contributed by atoms with Crippen LogP contribution in [-0.2, 0) is 10.8 Å². The standard InChI is InChI=1S/C52H63N2/c1-5-9-35-51(36-10-6-2)47(53(39-7-3)45-33-31-41-25-19-21-27-43(41)49(45)51)29-17-14-12-11-13-15-18-30-48-52(37-23-16-24-38-52)50-44-28-22-20-26-42(44)32-34-46(50)54(48)40-8-4/h11-15,17-22,25-34H,5-10,16,23-24,35-40H2,1-4H3/q+1. The Morgan fingerprint density at radius 2 is 1.22 bits per heavy atom. The highest BCUT2D eigenvalue weighted by atomic mass is 15.2. The maximum atomic E-state index is 2.66. The van der Waals surface area contributed by atoms with Crippen molar-refractivity contribution in [2.24, 2.45) is 0 Å². The van der Waals surface area contributed by atoms with Crippen molar-refractivity contribution in [3.05, 3.63) is 144 Å². The monoisotopic (exact) mass is 715 g/mol. The zero-order valence-corrected chi connectivity index (χ0v) is 33.6. The minimum Gasteiger partial charge on any atom is -0.344 e. The molecule has 0 atom stereocenters. The number of fused-ring (bicyclic) bond motifs is 7. The predicted molar refractivity (Wildman–Crippen MR) is 236 cm³/mol. The fourth-order valence-electron chi connectivity index (χ4n) is 10.3. The second-order valence-corrected chi connectivity index (χ2v) is 16.0. The quantitative estimate of drug-likeness (QED) is 0.0877. The Morgan fingerprint density at radius 1 is 0.611 bits per heavy atom. The van der Waals surface area contributed by atoms with Crippen molar-refractivity contribution in [2.45, 2.75) is 122 Å². The number of allylic oxidation sites excluding steroid dienone is 10. The van der Waals surface area contributed by atoms with Crippen molar-refractivity contribution in [2.75, 3.05) is 18.0 Å². The number of anilines is 1. The van der Waals surface area contributed by atoms with Gasteiger partial charge in [0.2, 0.25) is 5.69 Å². The molecule has 2 aliphatic heterocycles. The van der Waals surface area contributed by atoms with E-state index in [1.165, 1.54) is 115 Å². The molecule has 0 saturated heterocycles. The van der Waals surface area contributed by atoms with Crippen LogP contribution in [0.2, 0.25) is 0 Å². The molecule has 2 heterocycles. The fraction of sp³-hybridized carbons (Fsp3) is 0.404. The van der Waals surface area contributed by atoms with Crippen molar-refractivity contribution in [3.63, 3.8) is 0 Å². The molecule has 0 amide bonds. The normalized spacial score (nSPS) is 18.7. The van der Waals surface area contributed by atoms with Crippen LogP contribution in [-0.4, -0.2) is 23.4 Å². The Labute approximate surface area is 326 Å². The van der Waals surface area contributed by atoms with Crippen LogP contribution < -0.4 is 4.90 Å². The first-order valence-corrected chi connectivity index (χ1v) is 21.5. The zero-order chi connectivity index (χ0) is 37.4. The van der Waals surface area contributed by atoms with E-state index in [1.807, 2.05) is 0 Å². The van der Waals surface area contributed by atoms with E-state index in [0.29, 0.717) is 0 Å². The van der Waals surface area contributed by atoms with E-state index in [-0.39, 0.29) is 10.8 Å². The van der Waals surface area contributed by atoms with Gasteiger partial charge in [0.25, 0.3) is 0 Å². The minimum absolute atomic E-state index is 0.0430. The molecule has 54 heavy (non-hydrogen) atoms. The summed E-state index contributed by atoms with van der Waals surface area (Å²) < 4.78 is 2.65. The summed E-state index contributed by atoms with van der Waals surface area (Å²) in [6, 6.07) is 27.6. The SMILES string of the molecule is CCCCC1(CCCC)C(=CC=CC=CC=CC=CC2=[N+](CCC)c3ccc4ccccc4c3C23CCCCC3)N(CCC)c2ccc3ccccc3c21. The number of nitrogens with zero attached hydrogens (tertiary/aromatic N) is 2. The lowest BCUT2D eigenvalue weighted by molar-refractivity contribution is -0.437. The molecule has 7 rings (SSSR count). The molecule has 2 heteroatoms. The summed E-state index contributed by atoms with van der Waals surface area (Å²) in [7, 11) is 0. The van der Waals surface area contributed by atoms with Crippen molar-refractivity contribution in [3.8, 4) is 0 Å². The molecule has 0 bridgehead atoms. The topological polar surface area (TPSA) is 6.25 Å². The van der Waals surface area contributed by atoms with Gasteiger partial charge in [0.05, 0.1) is 5.41 Å². The van der Waals surface area contributed by atoms with E-state index in [9.17, 15) is 0 Å². The number of hydrogen-bond donors (Lipinski definition) is 0. The van der Waals surface area contributed by atoms with Gasteiger partial charge in [-0.15, -0.1) is 0 Å². The van der Waals surface area contributed by atoms with Crippen LogP contribution in [0.4, 0.5) is 11.4 Å². The van der Waals surface area contributed by atoms with Gasteiger partial charge in [-0.25, -0.2) is 0 Å². The highest BCUT2D eigenvalue weighted by Gasteiger charge is 2.52. The van der Waals surface area contributed by atoms with Crippen LogP contribution in [0.15, 0.2) is 133 Å². The molecule has 1 spiro atoms. The second-order valence-electron chi connectivity index (χ2n) is 16.0. The van der Waals surface area contributed by atoms with Gasteiger partial charge >= 0.3 is 0 Å². The van der Waals surface area contributed by atoms with Gasteiger partial charge in [-0.2, -0.15) is 4.58 Å². The van der Waals surface area contributed by atoms with E-state index in [1.54, 1.807) is 11.1 Å². The molecule has 0 radical (unpaired) electrons. The van der Waals surface area contributed by atoms with E-state index in [4.69, 9.17) is 0 Å². The first-order chi connectivity index (χ1) is 26.6. The lowest BCUT2D eigenvalue weighted by atomic mass is 9.66. The van der Waals surface area contributed by atoms with Crippen LogP contribution in [0, 0.1) is 0 Å². The first-order valence-electron chi connectivity index (χ1n) is 21.5. The lowest BCUT2D eigenvalue weighted by Crippen LogP contribution is -2.36. The third-order valence-electron chi connectivity index (χ3n) is 12.6. The molecule has 4 aromatic rings. The van der Waals surface area contributed by atoms with Crippen LogP contribution >= 0.6 is 0 Å². The van der Waals surface area contributed by atoms with Gasteiger partial charge in [-0.1, -0.05) is 170 Å². The number of hydrogen-bond acceptors (Lipinski definition) is 1. The molecule has 1 fully saturated rings. The summed E-state index contributed by atoms with van der Waals surface area (Å²) in [6.45, 7) is 11.4. The fourth-order valence-corrected chi connectivity index (χ4v) is 10.3. The molecule has 280 valence electrons. The van der Waals surface area contributed by atoms with Gasteiger partial charge in [0.15, 0.2) is 5.71 Å². The summed E-state index contributed by atoms with van der Waals surface area (Å²) in [6.07, 6.45) is 36.5. The van der Waals surface area contributed by atoms with Crippen molar-refractivity contribution in [1.29, 1.82) is 0 Å². The van der Waals surface area contributed by atoms with Crippen LogP contribution in [0.3, 0.4) is 0 Å². The molecule has 1 aliphatic carbocycles. The maximum absolute atomic E-state index is 2.66. The number of rotatable bonds is 15. The molecule has 4 aromatic carbocycles. The van der Waals surface area contributed by atoms with Gasteiger partial charge in [-0.3, -0.25) is 0 Å². The molecular weight excluding hydrogens is 653 g/mol. The molecule has 0 unspecified atom stereocenters. The van der Waals surface area contributed by atoms with Gasteiger partial charge in [0, 0.05) is 47.5 Å². The highest BCUT2D eigenvalue weighted by Crippen LogP contribution is 2.56. The van der Waals surface area contributed by atoms with E-state index in [0.717, 1.165) is 25.9 Å². The molecule has 0 N–H and O–H groups in total. The molecule has 0 aromatic heterocycles. The zero-order valence-electron chi connectivity index (χ0n) is 33.6. The van der Waals surface area contributed by atoms with Gasteiger partial charge in [0.1, 0.15) is 6.54 Å². The van der Waals surface area contributed by atoms with Crippen molar-refractivity contribution < 1.29 is 4.58 Å². The highest BCUT2D eigenvalue weighted by molar-refractivity contribution is 6.08. The average Bonchev–Trinajstić information content (AvgIpc) is 3.61. The Balaban J connectivity index is 1.15. The van der Waals surface area contributed by atoms with Crippen LogP contribution in [0.25, 0.3) is 21.5 Å². The maximum Gasteiger partial charge on any atom is 0.210 e. The Kier molecular flexibility index (Phi) is 12.2. The minimum atomic E-state index is 0.0430. The van der Waals surface area contributed by atoms with E-state index < -0.39 is 0 Å². The number of benzene rings is 4. The summed E-state index contributed by atoms with van der Waals surface area (Å²) >= 11 is 0. The summed E-state index contributed by atoms with van der Waals surface area (Å²) in [4.78, 5) is 2.66. The third kappa shape index (κ3) is 6.98. The summed E-state index contributed by atoms with van der Waals surface area (Å²) in [5.74, 6) is 0. The Hall–Kier alpha value is -4.43. The van der Waals surface area contributed by atoms with Crippen LogP contribution in [0.1, 0.15) is 122 Å². The van der Waals surface area contributed by atoms with Gasteiger partial charge in [-0.05, 0) is 77.4 Å². The molecular formula is C52H63N2+. The molecule has 1 saturated carbocycles. The summed E-state index contributed by atoms with van der Waals surface area (Å²) in [5.41, 5.74) is 9.18. The van der Waals surface area contributed by atoms with E-state index >= 15 is 0 Å². The lowest BCUT2D eigenvalue weighted by Gasteiger charge is -2.34. The van der Waals surface area contributed by atoms with Crippen molar-refractivity contribution in [1.82, 2.24) is 0 Å². The molecule has 2 nitrogen and oxygen atoms in total. The van der Waals surface area contributed by atoms with E-state index in [2.05, 4.69) is 165 Å². The smallest absolute Gasteiger partial charge is 0.210 e. The summed E-state index contributed by atoms with van der Waals surface area (Å²) in [5, 5.41) is 5.62. The largest absolute Gasteiger partial charge is 0.344 e.